The molecule has 2 rings (SSSR count). The lowest BCUT2D eigenvalue weighted by Crippen LogP contribution is -1.94. The maximum atomic E-state index is 11.1. The minimum Gasteiger partial charge on any atom is -0.439 e. The van der Waals surface area contributed by atoms with Gasteiger partial charge in [-0.05, 0) is 6.07 Å². The number of aromatic amines is 1. The highest BCUT2D eigenvalue weighted by Gasteiger charge is 2.16. The zero-order chi connectivity index (χ0) is 10.1. The maximum Gasteiger partial charge on any atom is 0.191 e. The highest BCUT2D eigenvalue weighted by atomic mass is 16.4. The summed E-state index contributed by atoms with van der Waals surface area (Å²) < 4.78 is 5.12. The number of carbonyl (C=O) groups excluding carboxylic acids is 1. The normalized spacial score (nSPS) is 10.4. The summed E-state index contributed by atoms with van der Waals surface area (Å²) >= 11 is 0. The first-order valence-electron chi connectivity index (χ1n) is 3.96. The largest absolute Gasteiger partial charge is 0.439 e. The first-order valence-corrected chi connectivity index (χ1v) is 3.96. The SMILES string of the molecule is CC(=O)c1n[nH]nc1-c1ccc(N)o1. The number of nitrogens with two attached hydrogens (primary N) is 1. The Morgan fingerprint density at radius 1 is 1.50 bits per heavy atom. The highest BCUT2D eigenvalue weighted by molar-refractivity contribution is 5.97. The van der Waals surface area contributed by atoms with Crippen LogP contribution in [0.15, 0.2) is 16.5 Å². The number of aromatic nitrogens is 3. The standard InChI is InChI=1S/C8H8N4O2/c1-4(13)7-8(11-12-10-7)5-2-3-6(9)14-5/h2-3H,9H2,1H3,(H,10,11,12). The van der Waals surface area contributed by atoms with Crippen molar-refractivity contribution >= 4 is 11.7 Å². The van der Waals surface area contributed by atoms with Crippen LogP contribution in [0.25, 0.3) is 11.5 Å². The van der Waals surface area contributed by atoms with Crippen molar-refractivity contribution in [3.63, 3.8) is 0 Å². The number of ketones is 1. The van der Waals surface area contributed by atoms with Crippen LogP contribution in [0.4, 0.5) is 5.88 Å². The molecule has 2 aromatic rings. The molecule has 6 nitrogen and oxygen atoms in total. The fraction of sp³-hybridized carbons (Fsp3) is 0.125. The van der Waals surface area contributed by atoms with Crippen molar-refractivity contribution in [3.05, 3.63) is 17.8 Å². The van der Waals surface area contributed by atoms with Crippen LogP contribution in [0.1, 0.15) is 17.4 Å². The van der Waals surface area contributed by atoms with Gasteiger partial charge in [0, 0.05) is 13.0 Å². The number of nitrogens with zero attached hydrogens (tertiary/aromatic N) is 2. The van der Waals surface area contributed by atoms with Gasteiger partial charge in [0.2, 0.25) is 0 Å². The quantitative estimate of drug-likeness (QED) is 0.687. The Labute approximate surface area is 79.1 Å². The summed E-state index contributed by atoms with van der Waals surface area (Å²) in [6, 6.07) is 3.23. The van der Waals surface area contributed by atoms with Gasteiger partial charge >= 0.3 is 0 Å². The molecular formula is C8H8N4O2. The van der Waals surface area contributed by atoms with E-state index in [2.05, 4.69) is 15.4 Å². The van der Waals surface area contributed by atoms with E-state index < -0.39 is 0 Å². The summed E-state index contributed by atoms with van der Waals surface area (Å²) in [6.07, 6.45) is 0. The predicted molar refractivity (Wildman–Crippen MR) is 48.5 cm³/mol. The molecule has 0 radical (unpaired) electrons. The first-order chi connectivity index (χ1) is 6.68. The minimum atomic E-state index is -0.177. The van der Waals surface area contributed by atoms with Crippen LogP contribution >= 0.6 is 0 Å². The Hall–Kier alpha value is -2.11. The van der Waals surface area contributed by atoms with Gasteiger partial charge in [-0.25, -0.2) is 0 Å². The molecule has 3 N–H and O–H groups in total. The van der Waals surface area contributed by atoms with Gasteiger partial charge < -0.3 is 10.2 Å². The Bertz CT molecular complexity index is 471. The van der Waals surface area contributed by atoms with Crippen LogP contribution in [0, 0.1) is 0 Å². The number of nitrogen functional groups attached to an aromatic ring is 1. The lowest BCUT2D eigenvalue weighted by molar-refractivity contribution is 0.101. The summed E-state index contributed by atoms with van der Waals surface area (Å²) in [5.74, 6) is 0.530. The number of anilines is 1. The number of hydrogen-bond donors (Lipinski definition) is 2. The molecule has 0 spiro atoms. The van der Waals surface area contributed by atoms with Crippen LogP contribution in [0.2, 0.25) is 0 Å². The van der Waals surface area contributed by atoms with Crippen LogP contribution in [-0.2, 0) is 0 Å². The van der Waals surface area contributed by atoms with E-state index in [9.17, 15) is 4.79 Å². The number of furan rings is 1. The minimum absolute atomic E-state index is 0.177. The van der Waals surface area contributed by atoms with E-state index in [4.69, 9.17) is 10.2 Å². The molecule has 0 atom stereocenters. The molecule has 0 amide bonds. The summed E-state index contributed by atoms with van der Waals surface area (Å²) in [7, 11) is 0. The second-order valence-corrected chi connectivity index (χ2v) is 2.78. The number of Topliss-reactive ketones (excluding diaryl/α,β-unsaturated/α-hetero) is 1. The van der Waals surface area contributed by atoms with Crippen molar-refractivity contribution in [2.75, 3.05) is 5.73 Å². The van der Waals surface area contributed by atoms with Crippen molar-refractivity contribution < 1.29 is 9.21 Å². The van der Waals surface area contributed by atoms with Gasteiger partial charge in [-0.15, -0.1) is 0 Å². The third-order valence-corrected chi connectivity index (χ3v) is 1.74. The number of carbonyl (C=O) groups is 1. The molecule has 6 heteroatoms. The van der Waals surface area contributed by atoms with E-state index >= 15 is 0 Å². The average Bonchev–Trinajstić information content (AvgIpc) is 2.70. The molecule has 0 saturated carbocycles. The van der Waals surface area contributed by atoms with Gasteiger partial charge in [-0.2, -0.15) is 15.4 Å². The fourth-order valence-electron chi connectivity index (χ4n) is 1.13. The molecule has 72 valence electrons. The highest BCUT2D eigenvalue weighted by Crippen LogP contribution is 2.23. The Kier molecular flexibility index (Phi) is 1.81. The van der Waals surface area contributed by atoms with E-state index in [1.165, 1.54) is 6.92 Å². The van der Waals surface area contributed by atoms with Crippen molar-refractivity contribution in [2.24, 2.45) is 0 Å². The molecule has 0 saturated heterocycles. The Balaban J connectivity index is 2.51. The third kappa shape index (κ3) is 1.26. The number of hydrogen-bond acceptors (Lipinski definition) is 5. The lowest BCUT2D eigenvalue weighted by Gasteiger charge is -1.91. The number of H-pyrrole nitrogens is 1. The molecule has 2 aromatic heterocycles. The molecule has 0 fully saturated rings. The topological polar surface area (TPSA) is 97.8 Å². The van der Waals surface area contributed by atoms with E-state index in [0.29, 0.717) is 11.5 Å². The molecule has 0 aliphatic rings. The van der Waals surface area contributed by atoms with Gasteiger partial charge in [0.05, 0.1) is 0 Å². The molecular weight excluding hydrogens is 184 g/mol. The summed E-state index contributed by atoms with van der Waals surface area (Å²) in [4.78, 5) is 11.1. The molecule has 2 heterocycles. The molecule has 14 heavy (non-hydrogen) atoms. The summed E-state index contributed by atoms with van der Waals surface area (Å²) in [6.45, 7) is 1.41. The maximum absolute atomic E-state index is 11.1. The summed E-state index contributed by atoms with van der Waals surface area (Å²) in [5.41, 5.74) is 6.03. The van der Waals surface area contributed by atoms with Crippen LogP contribution in [0.5, 0.6) is 0 Å². The monoisotopic (exact) mass is 192 g/mol. The third-order valence-electron chi connectivity index (χ3n) is 1.74. The second kappa shape index (κ2) is 2.99. The number of nitrogens with one attached hydrogen (secondary N) is 1. The van der Waals surface area contributed by atoms with Gasteiger partial charge in [-0.1, -0.05) is 0 Å². The fourth-order valence-corrected chi connectivity index (χ4v) is 1.13. The second-order valence-electron chi connectivity index (χ2n) is 2.78. The number of rotatable bonds is 2. The molecule has 0 aliphatic heterocycles. The van der Waals surface area contributed by atoms with Crippen LogP contribution < -0.4 is 5.73 Å². The van der Waals surface area contributed by atoms with Crippen molar-refractivity contribution in [1.29, 1.82) is 0 Å². The van der Waals surface area contributed by atoms with Crippen molar-refractivity contribution in [3.8, 4) is 11.5 Å². The summed E-state index contributed by atoms with van der Waals surface area (Å²) in [5, 5.41) is 9.90. The molecule has 0 bridgehead atoms. The van der Waals surface area contributed by atoms with Crippen LogP contribution in [0.3, 0.4) is 0 Å². The predicted octanol–water partition coefficient (Wildman–Crippen LogP) is 0.850. The zero-order valence-corrected chi connectivity index (χ0v) is 7.44. The lowest BCUT2D eigenvalue weighted by atomic mass is 10.2. The van der Waals surface area contributed by atoms with Gasteiger partial charge in [0.1, 0.15) is 0 Å². The van der Waals surface area contributed by atoms with Gasteiger partial charge in [0.25, 0.3) is 0 Å². The van der Waals surface area contributed by atoms with E-state index in [1.54, 1.807) is 12.1 Å². The average molecular weight is 192 g/mol. The van der Waals surface area contributed by atoms with Gasteiger partial charge in [0.15, 0.2) is 28.8 Å². The zero-order valence-electron chi connectivity index (χ0n) is 7.44. The van der Waals surface area contributed by atoms with E-state index in [-0.39, 0.29) is 17.4 Å². The van der Waals surface area contributed by atoms with Crippen molar-refractivity contribution in [1.82, 2.24) is 15.4 Å². The van der Waals surface area contributed by atoms with E-state index in [0.717, 1.165) is 0 Å². The Morgan fingerprint density at radius 3 is 2.86 bits per heavy atom. The van der Waals surface area contributed by atoms with E-state index in [1.807, 2.05) is 0 Å². The van der Waals surface area contributed by atoms with Crippen molar-refractivity contribution in [2.45, 2.75) is 6.92 Å². The Morgan fingerprint density at radius 2 is 2.29 bits per heavy atom. The molecule has 0 aliphatic carbocycles. The van der Waals surface area contributed by atoms with Crippen LogP contribution in [-0.4, -0.2) is 21.2 Å². The first kappa shape index (κ1) is 8.49. The smallest absolute Gasteiger partial charge is 0.191 e. The molecule has 0 aromatic carbocycles. The van der Waals surface area contributed by atoms with Gasteiger partial charge in [-0.3, -0.25) is 4.79 Å². The molecule has 0 unspecified atom stereocenters.